The molecule has 2 rings (SSSR count). The Hall–Kier alpha value is -0.590. The molecular weight excluding hydrogens is 198 g/mol. The van der Waals surface area contributed by atoms with Crippen LogP contribution in [0.15, 0.2) is 0 Å². The second-order valence-electron chi connectivity index (χ2n) is 5.56. The van der Waals surface area contributed by atoms with E-state index in [1.165, 1.54) is 32.4 Å². The van der Waals surface area contributed by atoms with Crippen LogP contribution < -0.4 is 5.32 Å². The maximum atomic E-state index is 9.24. The van der Waals surface area contributed by atoms with Crippen LogP contribution in [-0.2, 0) is 0 Å². The lowest BCUT2D eigenvalue weighted by Crippen LogP contribution is -2.44. The second kappa shape index (κ2) is 4.73. The van der Waals surface area contributed by atoms with E-state index in [1.54, 1.807) is 0 Å². The van der Waals surface area contributed by atoms with E-state index in [9.17, 15) is 5.26 Å². The third kappa shape index (κ3) is 2.23. The molecule has 1 aliphatic carbocycles. The van der Waals surface area contributed by atoms with Crippen molar-refractivity contribution >= 4 is 0 Å². The maximum absolute atomic E-state index is 9.24. The molecule has 2 aliphatic rings. The molecule has 3 heteroatoms. The van der Waals surface area contributed by atoms with Crippen molar-refractivity contribution in [3.63, 3.8) is 0 Å². The quantitative estimate of drug-likeness (QED) is 0.772. The fourth-order valence-electron chi connectivity index (χ4n) is 3.11. The number of rotatable bonds is 2. The van der Waals surface area contributed by atoms with E-state index in [4.69, 9.17) is 0 Å². The van der Waals surface area contributed by atoms with Crippen LogP contribution in [-0.4, -0.2) is 36.6 Å². The maximum Gasteiger partial charge on any atom is 0.108 e. The number of nitrogens with zero attached hydrogens (tertiary/aromatic N) is 2. The van der Waals surface area contributed by atoms with E-state index in [1.807, 2.05) is 7.05 Å². The number of nitrogens with one attached hydrogen (secondary N) is 1. The Labute approximate surface area is 98.8 Å². The number of hydrogen-bond acceptors (Lipinski definition) is 3. The second-order valence-corrected chi connectivity index (χ2v) is 5.56. The average Bonchev–Trinajstić information content (AvgIpc) is 2.75. The Morgan fingerprint density at radius 3 is 2.50 bits per heavy atom. The molecule has 0 radical (unpaired) electrons. The highest BCUT2D eigenvalue weighted by molar-refractivity contribution is 5.13. The van der Waals surface area contributed by atoms with Crippen molar-refractivity contribution in [1.82, 2.24) is 10.2 Å². The molecule has 2 unspecified atom stereocenters. The molecule has 1 saturated carbocycles. The first-order valence-electron chi connectivity index (χ1n) is 6.53. The molecule has 0 aromatic carbocycles. The molecule has 2 fully saturated rings. The molecule has 1 saturated heterocycles. The topological polar surface area (TPSA) is 39.1 Å². The lowest BCUT2D eigenvalue weighted by molar-refractivity contribution is 0.136. The van der Waals surface area contributed by atoms with Crippen LogP contribution in [0.1, 0.15) is 39.0 Å². The lowest BCUT2D eigenvalue weighted by Gasteiger charge is -2.35. The Balaban J connectivity index is 1.91. The van der Waals surface area contributed by atoms with Crippen molar-refractivity contribution in [3.8, 4) is 6.07 Å². The first-order chi connectivity index (χ1) is 7.69. The van der Waals surface area contributed by atoms with Crippen molar-refractivity contribution in [3.05, 3.63) is 0 Å². The largest absolute Gasteiger partial charge is 0.302 e. The summed E-state index contributed by atoms with van der Waals surface area (Å²) < 4.78 is 0. The number of nitriles is 1. The van der Waals surface area contributed by atoms with Crippen molar-refractivity contribution in [2.75, 3.05) is 20.1 Å². The molecule has 2 atom stereocenters. The van der Waals surface area contributed by atoms with E-state index in [2.05, 4.69) is 23.2 Å². The highest BCUT2D eigenvalue weighted by atomic mass is 15.2. The standard InChI is InChI=1S/C13H23N3/c1-11-4-7-16(8-5-11)12-3-6-13(9-12,10-14)15-2/h11-12,15H,3-9H2,1-2H3. The summed E-state index contributed by atoms with van der Waals surface area (Å²) in [5, 5.41) is 12.5. The smallest absolute Gasteiger partial charge is 0.108 e. The zero-order valence-corrected chi connectivity index (χ0v) is 10.5. The summed E-state index contributed by atoms with van der Waals surface area (Å²) in [5.41, 5.74) is -0.242. The monoisotopic (exact) mass is 221 g/mol. The SMILES string of the molecule is CNC1(C#N)CCC(N2CCC(C)CC2)C1. The molecule has 0 aromatic rings. The molecule has 1 heterocycles. The van der Waals surface area contributed by atoms with Gasteiger partial charge in [-0.15, -0.1) is 0 Å². The Morgan fingerprint density at radius 1 is 1.31 bits per heavy atom. The minimum absolute atomic E-state index is 0.242. The van der Waals surface area contributed by atoms with Crippen LogP contribution in [0.5, 0.6) is 0 Å². The summed E-state index contributed by atoms with van der Waals surface area (Å²) >= 11 is 0. The van der Waals surface area contributed by atoms with Gasteiger partial charge in [-0.05, 0) is 58.2 Å². The Kier molecular flexibility index (Phi) is 3.51. The summed E-state index contributed by atoms with van der Waals surface area (Å²) in [4.78, 5) is 2.61. The highest BCUT2D eigenvalue weighted by Crippen LogP contribution is 2.34. The summed E-state index contributed by atoms with van der Waals surface area (Å²) in [6, 6.07) is 3.11. The van der Waals surface area contributed by atoms with Gasteiger partial charge in [-0.25, -0.2) is 0 Å². The van der Waals surface area contributed by atoms with E-state index < -0.39 is 0 Å². The summed E-state index contributed by atoms with van der Waals surface area (Å²) in [6.45, 7) is 4.81. The molecule has 1 aliphatic heterocycles. The summed E-state index contributed by atoms with van der Waals surface area (Å²) in [5.74, 6) is 0.891. The average molecular weight is 221 g/mol. The van der Waals surface area contributed by atoms with Gasteiger partial charge >= 0.3 is 0 Å². The molecule has 3 nitrogen and oxygen atoms in total. The van der Waals surface area contributed by atoms with E-state index in [0.29, 0.717) is 6.04 Å². The van der Waals surface area contributed by atoms with Crippen LogP contribution in [0, 0.1) is 17.2 Å². The van der Waals surface area contributed by atoms with Crippen molar-refractivity contribution in [2.45, 2.75) is 50.6 Å². The predicted molar refractivity (Wildman–Crippen MR) is 65.0 cm³/mol. The molecule has 0 bridgehead atoms. The number of hydrogen-bond donors (Lipinski definition) is 1. The van der Waals surface area contributed by atoms with E-state index in [0.717, 1.165) is 18.8 Å². The van der Waals surface area contributed by atoms with Crippen LogP contribution in [0.3, 0.4) is 0 Å². The third-order valence-electron chi connectivity index (χ3n) is 4.52. The zero-order valence-electron chi connectivity index (χ0n) is 10.5. The van der Waals surface area contributed by atoms with Gasteiger partial charge in [0.05, 0.1) is 6.07 Å². The van der Waals surface area contributed by atoms with Gasteiger partial charge in [-0.3, -0.25) is 0 Å². The number of likely N-dealkylation sites (tertiary alicyclic amines) is 1. The third-order valence-corrected chi connectivity index (χ3v) is 4.52. The normalized spacial score (nSPS) is 37.4. The minimum atomic E-state index is -0.242. The van der Waals surface area contributed by atoms with Gasteiger partial charge < -0.3 is 10.2 Å². The van der Waals surface area contributed by atoms with E-state index in [-0.39, 0.29) is 5.54 Å². The van der Waals surface area contributed by atoms with Gasteiger partial charge in [0.2, 0.25) is 0 Å². The minimum Gasteiger partial charge on any atom is -0.302 e. The Bertz CT molecular complexity index is 275. The lowest BCUT2D eigenvalue weighted by atomic mass is 9.96. The molecule has 1 N–H and O–H groups in total. The van der Waals surface area contributed by atoms with E-state index >= 15 is 0 Å². The van der Waals surface area contributed by atoms with Crippen molar-refractivity contribution < 1.29 is 0 Å². The molecule has 90 valence electrons. The van der Waals surface area contributed by atoms with Crippen LogP contribution in [0.2, 0.25) is 0 Å². The highest BCUT2D eigenvalue weighted by Gasteiger charge is 2.40. The summed E-state index contributed by atoms with van der Waals surface area (Å²) in [7, 11) is 1.92. The Morgan fingerprint density at radius 2 is 2.00 bits per heavy atom. The van der Waals surface area contributed by atoms with Crippen LogP contribution >= 0.6 is 0 Å². The first kappa shape index (κ1) is 11.9. The van der Waals surface area contributed by atoms with Gasteiger partial charge in [0.1, 0.15) is 5.54 Å². The van der Waals surface area contributed by atoms with Crippen LogP contribution in [0.25, 0.3) is 0 Å². The summed E-state index contributed by atoms with van der Waals surface area (Å²) in [6.07, 6.45) is 5.86. The van der Waals surface area contributed by atoms with Crippen molar-refractivity contribution in [1.29, 1.82) is 5.26 Å². The van der Waals surface area contributed by atoms with Gasteiger partial charge in [-0.2, -0.15) is 5.26 Å². The van der Waals surface area contributed by atoms with Gasteiger partial charge in [0.25, 0.3) is 0 Å². The van der Waals surface area contributed by atoms with Gasteiger partial charge in [0, 0.05) is 6.04 Å². The molecule has 16 heavy (non-hydrogen) atoms. The van der Waals surface area contributed by atoms with Gasteiger partial charge in [0.15, 0.2) is 0 Å². The molecular formula is C13H23N3. The fourth-order valence-corrected chi connectivity index (χ4v) is 3.11. The van der Waals surface area contributed by atoms with Crippen molar-refractivity contribution in [2.24, 2.45) is 5.92 Å². The molecule has 0 aromatic heterocycles. The first-order valence-corrected chi connectivity index (χ1v) is 6.53. The van der Waals surface area contributed by atoms with Crippen LogP contribution in [0.4, 0.5) is 0 Å². The zero-order chi connectivity index (χ0) is 11.6. The number of piperidine rings is 1. The molecule has 0 amide bonds. The molecule has 0 spiro atoms. The van der Waals surface area contributed by atoms with Gasteiger partial charge in [-0.1, -0.05) is 6.92 Å². The predicted octanol–water partition coefficient (Wildman–Crippen LogP) is 1.75. The fraction of sp³-hybridized carbons (Fsp3) is 0.923.